The van der Waals surface area contributed by atoms with Crippen LogP contribution in [0.1, 0.15) is 80.1 Å². The van der Waals surface area contributed by atoms with Crippen molar-refractivity contribution in [2.75, 3.05) is 74.1 Å². The first-order valence-electron chi connectivity index (χ1n) is 18.1. The molecule has 4 saturated heterocycles. The zero-order valence-electron chi connectivity index (χ0n) is 31.3. The molecule has 4 aliphatic rings. The van der Waals surface area contributed by atoms with Gasteiger partial charge in [0.05, 0.1) is 29.9 Å². The van der Waals surface area contributed by atoms with E-state index in [1.807, 2.05) is 37.7 Å². The molecule has 1 N–H and O–H groups in total. The number of hydrogen-bond acceptors (Lipinski definition) is 11. The van der Waals surface area contributed by atoms with E-state index in [0.717, 1.165) is 25.9 Å². The molecule has 1 spiro atoms. The second kappa shape index (κ2) is 15.7. The fourth-order valence-electron chi connectivity index (χ4n) is 8.55. The van der Waals surface area contributed by atoms with Gasteiger partial charge in [-0.1, -0.05) is 13.8 Å². The monoisotopic (exact) mass is 680 g/mol. The number of hydrogen-bond donors (Lipinski definition) is 1. The van der Waals surface area contributed by atoms with Crippen LogP contribution in [0.3, 0.4) is 0 Å². The summed E-state index contributed by atoms with van der Waals surface area (Å²) in [4.78, 5) is 49.7. The molecule has 1 amide bonds. The van der Waals surface area contributed by atoms with Crippen molar-refractivity contribution in [3.05, 3.63) is 0 Å². The SMILES string of the molecule is CO[C@]1(C)C[C@@H](C)CN(C)C2(CCN(C(=O)CN3CCCC3)CC2)COC(=O)C(C)(C)C(=O)[C@H](C)[C@H]1O[C@@H]1O[C@H](C)C[C@H](N(C)C)[C@H]1O. The molecule has 0 bridgehead atoms. The smallest absolute Gasteiger partial charge is 0.319 e. The molecule has 12 nitrogen and oxygen atoms in total. The van der Waals surface area contributed by atoms with E-state index >= 15 is 0 Å². The molecule has 0 aromatic heterocycles. The molecular formula is C36H64N4O8. The summed E-state index contributed by atoms with van der Waals surface area (Å²) < 4.78 is 25.1. The Bertz CT molecular complexity index is 1120. The van der Waals surface area contributed by atoms with Gasteiger partial charge in [-0.3, -0.25) is 24.2 Å². The molecule has 48 heavy (non-hydrogen) atoms. The van der Waals surface area contributed by atoms with Gasteiger partial charge in [0.1, 0.15) is 18.1 Å². The fraction of sp³-hybridized carbons (Fsp3) is 0.917. The lowest BCUT2D eigenvalue weighted by Gasteiger charge is -2.48. The van der Waals surface area contributed by atoms with Crippen LogP contribution in [0.2, 0.25) is 0 Å². The van der Waals surface area contributed by atoms with E-state index in [1.54, 1.807) is 27.9 Å². The van der Waals surface area contributed by atoms with Crippen LogP contribution in [0, 0.1) is 17.3 Å². The first kappa shape index (κ1) is 39.1. The van der Waals surface area contributed by atoms with Crippen LogP contribution in [0.25, 0.3) is 0 Å². The number of cyclic esters (lactones) is 1. The van der Waals surface area contributed by atoms with Crippen molar-refractivity contribution in [2.45, 2.75) is 122 Å². The molecule has 8 atom stereocenters. The third-order valence-electron chi connectivity index (χ3n) is 11.8. The number of likely N-dealkylation sites (N-methyl/N-ethyl adjacent to an activating group) is 2. The maximum absolute atomic E-state index is 14.3. The van der Waals surface area contributed by atoms with Crippen LogP contribution in [0.5, 0.6) is 0 Å². The lowest BCUT2D eigenvalue weighted by Crippen LogP contribution is -2.60. The van der Waals surface area contributed by atoms with Crippen molar-refractivity contribution < 1.29 is 38.4 Å². The van der Waals surface area contributed by atoms with Crippen LogP contribution >= 0.6 is 0 Å². The highest BCUT2D eigenvalue weighted by Gasteiger charge is 2.52. The summed E-state index contributed by atoms with van der Waals surface area (Å²) in [7, 11) is 7.53. The zero-order chi connectivity index (χ0) is 35.6. The molecule has 4 fully saturated rings. The predicted molar refractivity (Wildman–Crippen MR) is 182 cm³/mol. The summed E-state index contributed by atoms with van der Waals surface area (Å²) >= 11 is 0. The zero-order valence-corrected chi connectivity index (χ0v) is 31.3. The van der Waals surface area contributed by atoms with Gasteiger partial charge in [0, 0.05) is 38.7 Å². The van der Waals surface area contributed by atoms with Crippen LogP contribution in [-0.2, 0) is 33.3 Å². The second-order valence-electron chi connectivity index (χ2n) is 16.3. The van der Waals surface area contributed by atoms with Crippen LogP contribution in [0.15, 0.2) is 0 Å². The normalized spacial score (nSPS) is 37.6. The number of rotatable bonds is 6. The number of amides is 1. The van der Waals surface area contributed by atoms with Gasteiger partial charge < -0.3 is 33.9 Å². The first-order chi connectivity index (χ1) is 22.4. The number of methoxy groups -OCH3 is 1. The van der Waals surface area contributed by atoms with Crippen molar-refractivity contribution in [1.82, 2.24) is 19.6 Å². The summed E-state index contributed by atoms with van der Waals surface area (Å²) in [5.41, 5.74) is -2.91. The van der Waals surface area contributed by atoms with Crippen LogP contribution in [0.4, 0.5) is 0 Å². The van der Waals surface area contributed by atoms with Crippen LogP contribution < -0.4 is 0 Å². The maximum atomic E-state index is 14.3. The van der Waals surface area contributed by atoms with Crippen molar-refractivity contribution in [3.8, 4) is 0 Å². The average molecular weight is 681 g/mol. The third kappa shape index (κ3) is 8.44. The fourth-order valence-corrected chi connectivity index (χ4v) is 8.55. The van der Waals surface area contributed by atoms with Crippen molar-refractivity contribution in [2.24, 2.45) is 17.3 Å². The van der Waals surface area contributed by atoms with E-state index in [0.29, 0.717) is 51.9 Å². The minimum atomic E-state index is -1.47. The quantitative estimate of drug-likeness (QED) is 0.329. The minimum Gasteiger partial charge on any atom is -0.463 e. The molecule has 0 radical (unpaired) electrons. The minimum absolute atomic E-state index is 0.0927. The number of esters is 1. The Morgan fingerprint density at radius 2 is 1.67 bits per heavy atom. The molecule has 276 valence electrons. The summed E-state index contributed by atoms with van der Waals surface area (Å²) in [6.07, 6.45) is 1.87. The molecule has 4 aliphatic heterocycles. The number of piperidine rings is 1. The number of carbonyl (C=O) groups is 3. The van der Waals surface area contributed by atoms with E-state index in [9.17, 15) is 19.5 Å². The Kier molecular flexibility index (Phi) is 12.8. The molecule has 0 aromatic rings. The van der Waals surface area contributed by atoms with Crippen LogP contribution in [-0.4, -0.2) is 158 Å². The number of ether oxygens (including phenoxy) is 4. The summed E-state index contributed by atoms with van der Waals surface area (Å²) in [6, 6.07) is -0.189. The summed E-state index contributed by atoms with van der Waals surface area (Å²) in [6.45, 7) is 15.5. The highest BCUT2D eigenvalue weighted by molar-refractivity contribution is 6.04. The molecule has 0 aromatic carbocycles. The number of aliphatic hydroxyl groups excluding tert-OH is 1. The maximum Gasteiger partial charge on any atom is 0.319 e. The molecule has 0 aliphatic carbocycles. The largest absolute Gasteiger partial charge is 0.463 e. The Morgan fingerprint density at radius 1 is 1.04 bits per heavy atom. The number of ketones is 1. The Hall–Kier alpha value is -1.67. The molecule has 0 unspecified atom stereocenters. The lowest BCUT2D eigenvalue weighted by atomic mass is 9.74. The predicted octanol–water partition coefficient (Wildman–Crippen LogP) is 2.41. The molecule has 4 rings (SSSR count). The van der Waals surface area contributed by atoms with E-state index < -0.39 is 46.9 Å². The first-order valence-corrected chi connectivity index (χ1v) is 18.1. The van der Waals surface area contributed by atoms with Gasteiger partial charge in [0.25, 0.3) is 0 Å². The van der Waals surface area contributed by atoms with Gasteiger partial charge in [-0.15, -0.1) is 0 Å². The molecule has 4 heterocycles. The Balaban J connectivity index is 1.60. The van der Waals surface area contributed by atoms with Gasteiger partial charge >= 0.3 is 5.97 Å². The van der Waals surface area contributed by atoms with E-state index in [-0.39, 0.29) is 36.4 Å². The molecule has 0 saturated carbocycles. The summed E-state index contributed by atoms with van der Waals surface area (Å²) in [5, 5.41) is 11.4. The molecular weight excluding hydrogens is 616 g/mol. The number of carbonyl (C=O) groups excluding carboxylic acids is 3. The Morgan fingerprint density at radius 3 is 2.25 bits per heavy atom. The van der Waals surface area contributed by atoms with Crippen molar-refractivity contribution in [3.63, 3.8) is 0 Å². The number of aliphatic hydroxyl groups is 1. The van der Waals surface area contributed by atoms with Gasteiger partial charge in [-0.05, 0) is 106 Å². The van der Waals surface area contributed by atoms with Gasteiger partial charge in [-0.2, -0.15) is 0 Å². The second-order valence-corrected chi connectivity index (χ2v) is 16.3. The van der Waals surface area contributed by atoms with Gasteiger partial charge in [0.15, 0.2) is 12.1 Å². The number of Topliss-reactive ketones (excluding diaryl/α,β-unsaturated/α-hetero) is 1. The topological polar surface area (TPSA) is 121 Å². The van der Waals surface area contributed by atoms with E-state index in [1.165, 1.54) is 0 Å². The molecule has 12 heteroatoms. The third-order valence-corrected chi connectivity index (χ3v) is 11.8. The number of likely N-dealkylation sites (tertiary alicyclic amines) is 2. The highest BCUT2D eigenvalue weighted by Crippen LogP contribution is 2.39. The van der Waals surface area contributed by atoms with Gasteiger partial charge in [-0.25, -0.2) is 0 Å². The lowest BCUT2D eigenvalue weighted by molar-refractivity contribution is -0.295. The summed E-state index contributed by atoms with van der Waals surface area (Å²) in [5.74, 6) is -1.44. The van der Waals surface area contributed by atoms with Crippen molar-refractivity contribution in [1.29, 1.82) is 0 Å². The number of nitrogens with zero attached hydrogens (tertiary/aromatic N) is 4. The average Bonchev–Trinajstić information content (AvgIpc) is 3.55. The highest BCUT2D eigenvalue weighted by atomic mass is 16.7. The van der Waals surface area contributed by atoms with Gasteiger partial charge in [0.2, 0.25) is 5.91 Å². The Labute approximate surface area is 288 Å². The van der Waals surface area contributed by atoms with E-state index in [2.05, 4.69) is 23.8 Å². The standard InChI is InChI=1S/C36H64N4O8/c1-24-20-35(6,45-10)31(48-32-29(42)27(37(7)8)19-25(2)47-32)26(3)30(43)34(4,5)33(44)46-23-36(38(9)21-24)13-17-40(18-14-36)28(41)22-39-15-11-12-16-39/h24-27,29,31-32,42H,11-23H2,1-10H3/t24-,25-,26+,27+,29-,31-,32+,35-/m1/s1. The van der Waals surface area contributed by atoms with E-state index in [4.69, 9.17) is 18.9 Å². The van der Waals surface area contributed by atoms with Crippen molar-refractivity contribution >= 4 is 17.7 Å².